The van der Waals surface area contributed by atoms with Gasteiger partial charge in [0.1, 0.15) is 17.1 Å². The van der Waals surface area contributed by atoms with Crippen LogP contribution < -0.4 is 4.74 Å². The van der Waals surface area contributed by atoms with E-state index in [0.29, 0.717) is 0 Å². The molecule has 0 spiro atoms. The number of nitrogens with zero attached hydrogens (tertiary/aromatic N) is 4. The molecular formula is C25H28ClN5O. The molecule has 0 saturated carbocycles. The van der Waals surface area contributed by atoms with Gasteiger partial charge in [-0.05, 0) is 42.4 Å². The van der Waals surface area contributed by atoms with Crippen molar-refractivity contribution in [2.24, 2.45) is 0 Å². The molecule has 166 valence electrons. The van der Waals surface area contributed by atoms with Crippen LogP contribution in [0.5, 0.6) is 5.75 Å². The third-order valence-corrected chi connectivity index (χ3v) is 5.99. The second kappa shape index (κ2) is 9.69. The SMILES string of the molecule is COc1ccc(-c2ccnc3[nH]c(-c4cccc(CN5CCN(C)CC5)c4)nc23)cc1.Cl. The second-order valence-electron chi connectivity index (χ2n) is 8.15. The van der Waals surface area contributed by atoms with Crippen molar-refractivity contribution in [3.8, 4) is 28.3 Å². The van der Waals surface area contributed by atoms with Gasteiger partial charge in [0.15, 0.2) is 5.65 Å². The van der Waals surface area contributed by atoms with Crippen molar-refractivity contribution in [2.45, 2.75) is 6.54 Å². The summed E-state index contributed by atoms with van der Waals surface area (Å²) in [6.07, 6.45) is 1.83. The molecule has 0 bridgehead atoms. The van der Waals surface area contributed by atoms with Gasteiger partial charge in [0.25, 0.3) is 0 Å². The van der Waals surface area contributed by atoms with Gasteiger partial charge in [0, 0.05) is 50.0 Å². The van der Waals surface area contributed by atoms with E-state index in [-0.39, 0.29) is 12.4 Å². The molecule has 1 fully saturated rings. The van der Waals surface area contributed by atoms with Crippen LogP contribution in [0.1, 0.15) is 5.56 Å². The maximum Gasteiger partial charge on any atom is 0.158 e. The highest BCUT2D eigenvalue weighted by Gasteiger charge is 2.15. The number of benzene rings is 2. The largest absolute Gasteiger partial charge is 0.497 e. The van der Waals surface area contributed by atoms with Crippen molar-refractivity contribution in [3.05, 3.63) is 66.4 Å². The van der Waals surface area contributed by atoms with E-state index >= 15 is 0 Å². The number of piperazine rings is 1. The lowest BCUT2D eigenvalue weighted by atomic mass is 10.1. The molecular weight excluding hydrogens is 422 g/mol. The van der Waals surface area contributed by atoms with E-state index < -0.39 is 0 Å². The Balaban J connectivity index is 0.00000245. The van der Waals surface area contributed by atoms with Crippen LogP contribution in [0.25, 0.3) is 33.7 Å². The van der Waals surface area contributed by atoms with Gasteiger partial charge in [0.2, 0.25) is 0 Å². The van der Waals surface area contributed by atoms with Gasteiger partial charge in [-0.25, -0.2) is 9.97 Å². The fourth-order valence-corrected chi connectivity index (χ4v) is 4.13. The summed E-state index contributed by atoms with van der Waals surface area (Å²) >= 11 is 0. The smallest absolute Gasteiger partial charge is 0.158 e. The Kier molecular flexibility index (Phi) is 6.74. The van der Waals surface area contributed by atoms with Crippen LogP contribution >= 0.6 is 12.4 Å². The summed E-state index contributed by atoms with van der Waals surface area (Å²) in [6, 6.07) is 18.7. The Labute approximate surface area is 194 Å². The molecule has 0 amide bonds. The Hall–Kier alpha value is -2.93. The monoisotopic (exact) mass is 449 g/mol. The number of nitrogens with one attached hydrogen (secondary N) is 1. The minimum Gasteiger partial charge on any atom is -0.497 e. The van der Waals surface area contributed by atoms with E-state index in [1.54, 1.807) is 7.11 Å². The molecule has 0 aliphatic carbocycles. The van der Waals surface area contributed by atoms with E-state index in [2.05, 4.69) is 63.2 Å². The zero-order chi connectivity index (χ0) is 21.2. The zero-order valence-electron chi connectivity index (χ0n) is 18.4. The van der Waals surface area contributed by atoms with Gasteiger partial charge in [-0.2, -0.15) is 0 Å². The number of likely N-dealkylation sites (N-methyl/N-ethyl adjacent to an activating group) is 1. The first-order chi connectivity index (χ1) is 15.2. The minimum atomic E-state index is 0. The van der Waals surface area contributed by atoms with Crippen molar-refractivity contribution in [1.82, 2.24) is 24.8 Å². The fourth-order valence-electron chi connectivity index (χ4n) is 4.13. The first kappa shape index (κ1) is 22.3. The molecule has 1 aliphatic heterocycles. The molecule has 6 nitrogen and oxygen atoms in total. The van der Waals surface area contributed by atoms with Crippen LogP contribution in [0.2, 0.25) is 0 Å². The molecule has 0 atom stereocenters. The second-order valence-corrected chi connectivity index (χ2v) is 8.15. The number of H-pyrrole nitrogens is 1. The van der Waals surface area contributed by atoms with Crippen LogP contribution in [-0.2, 0) is 6.54 Å². The highest BCUT2D eigenvalue weighted by atomic mass is 35.5. The number of pyridine rings is 1. The van der Waals surface area contributed by atoms with E-state index in [1.807, 2.05) is 24.4 Å². The third-order valence-electron chi connectivity index (χ3n) is 5.99. The molecule has 3 heterocycles. The van der Waals surface area contributed by atoms with Gasteiger partial charge in [-0.3, -0.25) is 4.90 Å². The maximum absolute atomic E-state index is 5.29. The Morgan fingerprint density at radius 1 is 0.969 bits per heavy atom. The average Bonchev–Trinajstić information content (AvgIpc) is 3.26. The number of aromatic nitrogens is 3. The summed E-state index contributed by atoms with van der Waals surface area (Å²) in [7, 11) is 3.87. The van der Waals surface area contributed by atoms with Gasteiger partial charge in [0.05, 0.1) is 7.11 Å². The number of rotatable bonds is 5. The highest BCUT2D eigenvalue weighted by molar-refractivity contribution is 5.91. The van der Waals surface area contributed by atoms with Gasteiger partial charge >= 0.3 is 0 Å². The van der Waals surface area contributed by atoms with Crippen molar-refractivity contribution in [2.75, 3.05) is 40.3 Å². The number of fused-ring (bicyclic) bond motifs is 1. The number of hydrogen-bond acceptors (Lipinski definition) is 5. The van der Waals surface area contributed by atoms with Gasteiger partial charge in [-0.1, -0.05) is 30.3 Å². The fraction of sp³-hybridized carbons (Fsp3) is 0.280. The van der Waals surface area contributed by atoms with E-state index in [4.69, 9.17) is 9.72 Å². The summed E-state index contributed by atoms with van der Waals surface area (Å²) in [5.74, 6) is 1.69. The standard InChI is InChI=1S/C25H27N5O.ClH/c1-29-12-14-30(15-13-29)17-18-4-3-5-20(16-18)24-27-23-22(10-11-26-25(23)28-24)19-6-8-21(31-2)9-7-19;/h3-11,16H,12-15,17H2,1-2H3,(H,26,27,28);1H. The van der Waals surface area contributed by atoms with Crippen molar-refractivity contribution in [3.63, 3.8) is 0 Å². The van der Waals surface area contributed by atoms with E-state index in [9.17, 15) is 0 Å². The summed E-state index contributed by atoms with van der Waals surface area (Å²) in [4.78, 5) is 17.8. The Morgan fingerprint density at radius 2 is 1.75 bits per heavy atom. The van der Waals surface area contributed by atoms with Crippen LogP contribution in [0.3, 0.4) is 0 Å². The maximum atomic E-state index is 5.29. The van der Waals surface area contributed by atoms with Crippen molar-refractivity contribution >= 4 is 23.6 Å². The van der Waals surface area contributed by atoms with E-state index in [0.717, 1.165) is 72.2 Å². The molecule has 5 rings (SSSR count). The van der Waals surface area contributed by atoms with Crippen LogP contribution in [0, 0.1) is 0 Å². The number of imidazole rings is 1. The van der Waals surface area contributed by atoms with Gasteiger partial charge in [-0.15, -0.1) is 12.4 Å². The molecule has 32 heavy (non-hydrogen) atoms. The summed E-state index contributed by atoms with van der Waals surface area (Å²) < 4.78 is 5.29. The number of methoxy groups -OCH3 is 1. The van der Waals surface area contributed by atoms with Crippen LogP contribution in [0.4, 0.5) is 0 Å². The highest BCUT2D eigenvalue weighted by Crippen LogP contribution is 2.30. The third kappa shape index (κ3) is 4.63. The Morgan fingerprint density at radius 3 is 2.50 bits per heavy atom. The first-order valence-corrected chi connectivity index (χ1v) is 10.7. The zero-order valence-corrected chi connectivity index (χ0v) is 19.2. The average molecular weight is 450 g/mol. The number of hydrogen-bond donors (Lipinski definition) is 1. The summed E-state index contributed by atoms with van der Waals surface area (Å²) in [5, 5.41) is 0. The predicted molar refractivity (Wildman–Crippen MR) is 131 cm³/mol. The van der Waals surface area contributed by atoms with Crippen molar-refractivity contribution < 1.29 is 4.74 Å². The number of halogens is 1. The molecule has 1 aliphatic rings. The first-order valence-electron chi connectivity index (χ1n) is 10.7. The molecule has 7 heteroatoms. The quantitative estimate of drug-likeness (QED) is 0.487. The minimum absolute atomic E-state index is 0. The van der Waals surface area contributed by atoms with Gasteiger partial charge < -0.3 is 14.6 Å². The molecule has 0 unspecified atom stereocenters. The lowest BCUT2D eigenvalue weighted by Gasteiger charge is -2.32. The lowest BCUT2D eigenvalue weighted by molar-refractivity contribution is 0.148. The molecule has 0 radical (unpaired) electrons. The number of ether oxygens (including phenoxy) is 1. The normalized spacial score (nSPS) is 14.9. The summed E-state index contributed by atoms with van der Waals surface area (Å²) in [6.45, 7) is 5.45. The van der Waals surface area contributed by atoms with Crippen LogP contribution in [0.15, 0.2) is 60.8 Å². The molecule has 2 aromatic carbocycles. The molecule has 4 aromatic rings. The van der Waals surface area contributed by atoms with Crippen LogP contribution in [-0.4, -0.2) is 65.1 Å². The summed E-state index contributed by atoms with van der Waals surface area (Å²) in [5.41, 5.74) is 6.23. The molecule has 1 saturated heterocycles. The Bertz CT molecular complexity index is 1180. The molecule has 1 N–H and O–H groups in total. The number of aromatic amines is 1. The molecule has 2 aromatic heterocycles. The van der Waals surface area contributed by atoms with Crippen molar-refractivity contribution in [1.29, 1.82) is 0 Å². The predicted octanol–water partition coefficient (Wildman–Crippen LogP) is 4.47. The lowest BCUT2D eigenvalue weighted by Crippen LogP contribution is -2.43. The topological polar surface area (TPSA) is 57.3 Å². The van der Waals surface area contributed by atoms with E-state index in [1.165, 1.54) is 5.56 Å².